The fourth-order valence-corrected chi connectivity index (χ4v) is 3.69. The Hall–Kier alpha value is -3.62. The van der Waals surface area contributed by atoms with Crippen molar-refractivity contribution in [2.45, 2.75) is 25.3 Å². The molecule has 5 rings (SSSR count). The first-order valence-corrected chi connectivity index (χ1v) is 9.10. The van der Waals surface area contributed by atoms with Crippen molar-refractivity contribution in [3.8, 4) is 5.69 Å². The minimum atomic E-state index is -0.742. The lowest BCUT2D eigenvalue weighted by Crippen LogP contribution is -2.19. The van der Waals surface area contributed by atoms with Gasteiger partial charge in [0.15, 0.2) is 11.2 Å². The highest BCUT2D eigenvalue weighted by Gasteiger charge is 2.30. The Morgan fingerprint density at radius 3 is 2.96 bits per heavy atom. The Labute approximate surface area is 159 Å². The number of benzene rings is 1. The zero-order chi connectivity index (χ0) is 19.1. The molecule has 2 N–H and O–H groups in total. The van der Waals surface area contributed by atoms with E-state index in [9.17, 15) is 4.79 Å². The maximum atomic E-state index is 11.2. The maximum absolute atomic E-state index is 11.2. The highest BCUT2D eigenvalue weighted by Crippen LogP contribution is 2.28. The average Bonchev–Trinajstić information content (AvgIpc) is 3.34. The monoisotopic (exact) mass is 375 g/mol. The van der Waals surface area contributed by atoms with Crippen LogP contribution in [0.5, 0.6) is 0 Å². The molecule has 3 aromatic heterocycles. The molecule has 0 spiro atoms. The highest BCUT2D eigenvalue weighted by atomic mass is 16.4. The number of aromatic nitrogens is 6. The minimum Gasteiger partial charge on any atom is -0.481 e. The number of carbonyl (C=O) groups is 1. The maximum Gasteiger partial charge on any atom is 0.306 e. The molecule has 1 fully saturated rings. The Morgan fingerprint density at radius 1 is 1.18 bits per heavy atom. The molecule has 1 saturated carbocycles. The number of nitrogens with one attached hydrogen (secondary N) is 1. The number of rotatable bonds is 4. The van der Waals surface area contributed by atoms with E-state index in [4.69, 9.17) is 5.11 Å². The van der Waals surface area contributed by atoms with Crippen molar-refractivity contribution in [3.05, 3.63) is 42.7 Å². The first kappa shape index (κ1) is 16.5. The molecule has 0 radical (unpaired) electrons. The second-order valence-corrected chi connectivity index (χ2v) is 6.97. The molecule has 0 aliphatic heterocycles. The van der Waals surface area contributed by atoms with Gasteiger partial charge in [0.25, 0.3) is 0 Å². The zero-order valence-corrected chi connectivity index (χ0v) is 14.9. The Morgan fingerprint density at radius 2 is 2.11 bits per heavy atom. The van der Waals surface area contributed by atoms with Crippen LogP contribution >= 0.6 is 0 Å². The van der Waals surface area contributed by atoms with Crippen LogP contribution in [0.3, 0.4) is 0 Å². The van der Waals surface area contributed by atoms with E-state index >= 15 is 0 Å². The van der Waals surface area contributed by atoms with Gasteiger partial charge in [-0.15, -0.1) is 5.10 Å². The van der Waals surface area contributed by atoms with Crippen molar-refractivity contribution in [3.63, 3.8) is 0 Å². The number of hydrogen-bond acceptors (Lipinski definition) is 7. The molecule has 9 nitrogen and oxygen atoms in total. The van der Waals surface area contributed by atoms with E-state index in [1.807, 2.05) is 30.3 Å². The van der Waals surface area contributed by atoms with Gasteiger partial charge in [-0.05, 0) is 43.5 Å². The molecule has 140 valence electrons. The number of hydrogen-bond donors (Lipinski definition) is 2. The summed E-state index contributed by atoms with van der Waals surface area (Å²) in [6, 6.07) is 9.78. The first-order valence-electron chi connectivity index (χ1n) is 9.10. The molecule has 4 aromatic rings. The molecule has 0 bridgehead atoms. The van der Waals surface area contributed by atoms with Crippen LogP contribution in [0.1, 0.15) is 19.3 Å². The lowest BCUT2D eigenvalue weighted by molar-refractivity contribution is -0.141. The standard InChI is InChI=1S/C19H17N7O2/c27-18(28)12-3-4-13(8-12)22-19-21-10-16-17(23-19)26(25-24-16)14-5-6-15-11(9-14)2-1-7-20-15/h1-2,5-7,9-10,12-13H,3-4,8H2,(H,27,28)(H,21,22,23)/t12-,13-/m1/s1. The zero-order valence-electron chi connectivity index (χ0n) is 14.9. The van der Waals surface area contributed by atoms with Gasteiger partial charge < -0.3 is 10.4 Å². The molecular formula is C19H17N7O2. The van der Waals surface area contributed by atoms with Crippen molar-refractivity contribution in [2.24, 2.45) is 5.92 Å². The predicted molar refractivity (Wildman–Crippen MR) is 102 cm³/mol. The smallest absolute Gasteiger partial charge is 0.306 e. The van der Waals surface area contributed by atoms with Crippen LogP contribution in [-0.4, -0.2) is 47.1 Å². The van der Waals surface area contributed by atoms with E-state index in [-0.39, 0.29) is 12.0 Å². The predicted octanol–water partition coefficient (Wildman–Crippen LogP) is 2.42. The molecule has 0 saturated heterocycles. The molecule has 3 heterocycles. The van der Waals surface area contributed by atoms with Gasteiger partial charge in [0.2, 0.25) is 5.95 Å². The van der Waals surface area contributed by atoms with Gasteiger partial charge in [0.05, 0.1) is 23.3 Å². The molecule has 9 heteroatoms. The van der Waals surface area contributed by atoms with Crippen molar-refractivity contribution < 1.29 is 9.90 Å². The highest BCUT2D eigenvalue weighted by molar-refractivity contribution is 5.81. The van der Waals surface area contributed by atoms with Crippen molar-refractivity contribution >= 4 is 34.0 Å². The van der Waals surface area contributed by atoms with Crippen LogP contribution in [0.25, 0.3) is 27.8 Å². The molecule has 28 heavy (non-hydrogen) atoms. The van der Waals surface area contributed by atoms with Gasteiger partial charge in [-0.2, -0.15) is 9.67 Å². The van der Waals surface area contributed by atoms with Gasteiger partial charge in [0, 0.05) is 17.6 Å². The molecule has 2 atom stereocenters. The number of pyridine rings is 1. The van der Waals surface area contributed by atoms with Crippen molar-refractivity contribution in [2.75, 3.05) is 5.32 Å². The average molecular weight is 375 g/mol. The Bertz CT molecular complexity index is 1190. The number of fused-ring (bicyclic) bond motifs is 2. The topological polar surface area (TPSA) is 119 Å². The van der Waals surface area contributed by atoms with Crippen LogP contribution in [0.4, 0.5) is 5.95 Å². The third kappa shape index (κ3) is 2.90. The SMILES string of the molecule is O=C(O)[C@@H]1CC[C@@H](Nc2ncc3nnn(-c4ccc5ncccc5c4)c3n2)C1. The Balaban J connectivity index is 1.47. The number of carboxylic acids is 1. The largest absolute Gasteiger partial charge is 0.481 e. The van der Waals surface area contributed by atoms with Crippen LogP contribution in [0.2, 0.25) is 0 Å². The molecule has 0 amide bonds. The van der Waals surface area contributed by atoms with Gasteiger partial charge >= 0.3 is 5.97 Å². The fraction of sp³-hybridized carbons (Fsp3) is 0.263. The minimum absolute atomic E-state index is 0.0506. The van der Waals surface area contributed by atoms with Crippen molar-refractivity contribution in [1.82, 2.24) is 29.9 Å². The third-order valence-corrected chi connectivity index (χ3v) is 5.14. The van der Waals surface area contributed by atoms with Crippen LogP contribution in [0.15, 0.2) is 42.7 Å². The van der Waals surface area contributed by atoms with Crippen LogP contribution < -0.4 is 5.32 Å². The summed E-state index contributed by atoms with van der Waals surface area (Å²) in [5.41, 5.74) is 2.92. The van der Waals surface area contributed by atoms with Gasteiger partial charge in [-0.25, -0.2) is 4.98 Å². The normalized spacial score (nSPS) is 19.3. The lowest BCUT2D eigenvalue weighted by atomic mass is 10.1. The van der Waals surface area contributed by atoms with E-state index in [0.29, 0.717) is 30.0 Å². The summed E-state index contributed by atoms with van der Waals surface area (Å²) in [6.45, 7) is 0. The van der Waals surface area contributed by atoms with Crippen molar-refractivity contribution in [1.29, 1.82) is 0 Å². The summed E-state index contributed by atoms with van der Waals surface area (Å²) in [6.07, 6.45) is 5.41. The summed E-state index contributed by atoms with van der Waals surface area (Å²) in [7, 11) is 0. The quantitative estimate of drug-likeness (QED) is 0.558. The number of anilines is 1. The lowest BCUT2D eigenvalue weighted by Gasteiger charge is -2.12. The molecule has 1 aliphatic carbocycles. The molecule has 0 unspecified atom stereocenters. The van der Waals surface area contributed by atoms with E-state index in [1.54, 1.807) is 17.1 Å². The second-order valence-electron chi connectivity index (χ2n) is 6.97. The Kier molecular flexibility index (Phi) is 3.85. The van der Waals surface area contributed by atoms with Crippen LogP contribution in [-0.2, 0) is 4.79 Å². The van der Waals surface area contributed by atoms with Gasteiger partial charge in [-0.1, -0.05) is 11.3 Å². The summed E-state index contributed by atoms with van der Waals surface area (Å²) in [5.74, 6) is -0.595. The summed E-state index contributed by atoms with van der Waals surface area (Å²) in [5, 5.41) is 21.8. The summed E-state index contributed by atoms with van der Waals surface area (Å²) < 4.78 is 1.67. The van der Waals surface area contributed by atoms with Gasteiger partial charge in [0.1, 0.15) is 0 Å². The van der Waals surface area contributed by atoms with E-state index < -0.39 is 5.97 Å². The first-order chi connectivity index (χ1) is 13.7. The molecule has 1 aromatic carbocycles. The molecular weight excluding hydrogens is 358 g/mol. The van der Waals surface area contributed by atoms with E-state index in [2.05, 4.69) is 30.6 Å². The number of aliphatic carboxylic acids is 1. The summed E-state index contributed by atoms with van der Waals surface area (Å²) in [4.78, 5) is 24.4. The van der Waals surface area contributed by atoms with Gasteiger partial charge in [-0.3, -0.25) is 9.78 Å². The fourth-order valence-electron chi connectivity index (χ4n) is 3.69. The van der Waals surface area contributed by atoms with E-state index in [0.717, 1.165) is 23.0 Å². The van der Waals surface area contributed by atoms with E-state index in [1.165, 1.54) is 0 Å². The van der Waals surface area contributed by atoms with Crippen LogP contribution in [0, 0.1) is 5.92 Å². The molecule has 1 aliphatic rings. The second kappa shape index (κ2) is 6.52. The number of nitrogens with zero attached hydrogens (tertiary/aromatic N) is 6. The number of carboxylic acid groups (broad SMARTS) is 1. The third-order valence-electron chi connectivity index (χ3n) is 5.14. The summed E-state index contributed by atoms with van der Waals surface area (Å²) >= 11 is 0.